The van der Waals surface area contributed by atoms with Crippen LogP contribution in [-0.2, 0) is 17.5 Å². The van der Waals surface area contributed by atoms with E-state index in [0.29, 0.717) is 4.68 Å². The molecule has 1 aromatic rings. The lowest BCUT2D eigenvalue weighted by Crippen LogP contribution is -2.21. The number of nitrogens with zero attached hydrogens (tertiary/aromatic N) is 2. The van der Waals surface area contributed by atoms with Gasteiger partial charge in [-0.3, -0.25) is 4.68 Å². The summed E-state index contributed by atoms with van der Waals surface area (Å²) >= 11 is 0. The van der Waals surface area contributed by atoms with Gasteiger partial charge < -0.3 is 9.47 Å². The second-order valence-corrected chi connectivity index (χ2v) is 5.54. The maximum absolute atomic E-state index is 13.2. The number of halogens is 7. The normalized spacial score (nSPS) is 20.1. The van der Waals surface area contributed by atoms with Gasteiger partial charge in [0.1, 0.15) is 0 Å². The number of carbonyl (C=O) groups excluding carboxylic acids is 1. The third kappa shape index (κ3) is 4.34. The number of carbonyl (C=O) groups is 1. The van der Waals surface area contributed by atoms with Crippen LogP contribution in [0.25, 0.3) is 0 Å². The van der Waals surface area contributed by atoms with Crippen LogP contribution in [0.15, 0.2) is 0 Å². The van der Waals surface area contributed by atoms with Crippen molar-refractivity contribution in [1.82, 2.24) is 9.78 Å². The average Bonchev–Trinajstić information content (AvgIpc) is 2.97. The molecule has 0 saturated heterocycles. The van der Waals surface area contributed by atoms with Crippen molar-refractivity contribution < 1.29 is 45.0 Å². The highest BCUT2D eigenvalue weighted by atomic mass is 19.4. The summed E-state index contributed by atoms with van der Waals surface area (Å²) < 4.78 is 99.3. The highest BCUT2D eigenvalue weighted by molar-refractivity contribution is 5.90. The van der Waals surface area contributed by atoms with Gasteiger partial charge in [-0.05, 0) is 12.3 Å². The van der Waals surface area contributed by atoms with Crippen LogP contribution in [0.4, 0.5) is 30.7 Å². The lowest BCUT2D eigenvalue weighted by molar-refractivity contribution is -0.142. The number of hydrogen-bond donors (Lipinski definition) is 0. The largest absolute Gasteiger partial charge is 0.464 e. The van der Waals surface area contributed by atoms with Crippen LogP contribution in [-0.4, -0.2) is 35.4 Å². The first-order valence-electron chi connectivity index (χ1n) is 7.03. The van der Waals surface area contributed by atoms with Gasteiger partial charge in [0.2, 0.25) is 5.92 Å². The molecule has 142 valence electrons. The quantitative estimate of drug-likeness (QED) is 0.579. The molecule has 1 aliphatic rings. The van der Waals surface area contributed by atoms with Crippen molar-refractivity contribution in [1.29, 1.82) is 0 Å². The van der Waals surface area contributed by atoms with E-state index in [9.17, 15) is 35.5 Å². The zero-order chi connectivity index (χ0) is 19.0. The van der Waals surface area contributed by atoms with Gasteiger partial charge in [0.05, 0.1) is 7.11 Å². The summed E-state index contributed by atoms with van der Waals surface area (Å²) in [5.74, 6) is -6.75. The zero-order valence-corrected chi connectivity index (χ0v) is 12.7. The molecule has 1 aliphatic carbocycles. The molecule has 0 spiro atoms. The van der Waals surface area contributed by atoms with Crippen LogP contribution in [0.2, 0.25) is 0 Å². The van der Waals surface area contributed by atoms with Crippen molar-refractivity contribution >= 4 is 5.97 Å². The number of rotatable bonds is 5. The van der Waals surface area contributed by atoms with E-state index >= 15 is 0 Å². The first kappa shape index (κ1) is 19.3. The molecule has 0 bridgehead atoms. The maximum atomic E-state index is 13.2. The van der Waals surface area contributed by atoms with Crippen LogP contribution in [0, 0.1) is 5.92 Å². The minimum absolute atomic E-state index is 0.0140. The fourth-order valence-electron chi connectivity index (χ4n) is 2.74. The molecule has 0 aliphatic heterocycles. The average molecular weight is 378 g/mol. The summed E-state index contributed by atoms with van der Waals surface area (Å²) in [6, 6.07) is 0. The Morgan fingerprint density at radius 2 is 2.04 bits per heavy atom. The molecular formula is C13H13F7N2O3. The van der Waals surface area contributed by atoms with Gasteiger partial charge in [0, 0.05) is 19.4 Å². The topological polar surface area (TPSA) is 53.4 Å². The fourth-order valence-corrected chi connectivity index (χ4v) is 2.74. The molecular weight excluding hydrogens is 365 g/mol. The van der Waals surface area contributed by atoms with Gasteiger partial charge in [-0.2, -0.15) is 22.0 Å². The number of ether oxygens (including phenoxy) is 2. The molecule has 1 heterocycles. The van der Waals surface area contributed by atoms with Gasteiger partial charge in [-0.1, -0.05) is 0 Å². The Morgan fingerprint density at radius 3 is 2.48 bits per heavy atom. The molecule has 1 atom stereocenters. The Hall–Kier alpha value is -2.01. The second-order valence-electron chi connectivity index (χ2n) is 5.54. The summed E-state index contributed by atoms with van der Waals surface area (Å²) in [5.41, 5.74) is -3.00. The van der Waals surface area contributed by atoms with Gasteiger partial charge in [-0.15, -0.1) is 5.10 Å². The van der Waals surface area contributed by atoms with Crippen molar-refractivity contribution in [2.45, 2.75) is 44.5 Å². The number of aromatic nitrogens is 2. The molecule has 5 nitrogen and oxygen atoms in total. The van der Waals surface area contributed by atoms with Gasteiger partial charge in [-0.25, -0.2) is 13.6 Å². The molecule has 1 aromatic heterocycles. The minimum Gasteiger partial charge on any atom is -0.464 e. The molecule has 1 saturated carbocycles. The zero-order valence-electron chi connectivity index (χ0n) is 12.7. The van der Waals surface area contributed by atoms with Gasteiger partial charge in [0.25, 0.3) is 5.88 Å². The molecule has 2 rings (SSSR count). The smallest absolute Gasteiger partial charge is 0.424 e. The van der Waals surface area contributed by atoms with E-state index in [4.69, 9.17) is 0 Å². The van der Waals surface area contributed by atoms with E-state index in [2.05, 4.69) is 14.6 Å². The minimum atomic E-state index is -5.24. The van der Waals surface area contributed by atoms with Crippen LogP contribution >= 0.6 is 0 Å². The molecule has 0 amide bonds. The first-order chi connectivity index (χ1) is 11.4. The third-order valence-corrected chi connectivity index (χ3v) is 3.72. The SMILES string of the molecule is COC(=O)c1c(C(F)(F)F)c(OC(F)F)nn1CC1CCC(F)(F)C1. The summed E-state index contributed by atoms with van der Waals surface area (Å²) in [5, 5.41) is 3.25. The Bertz CT molecular complexity index is 642. The summed E-state index contributed by atoms with van der Waals surface area (Å²) in [4.78, 5) is 11.7. The molecule has 0 radical (unpaired) electrons. The van der Waals surface area contributed by atoms with E-state index in [0.717, 1.165) is 7.11 Å². The predicted molar refractivity (Wildman–Crippen MR) is 67.5 cm³/mol. The summed E-state index contributed by atoms with van der Waals surface area (Å²) in [6.07, 6.45) is -6.33. The highest BCUT2D eigenvalue weighted by Gasteiger charge is 2.46. The molecule has 0 N–H and O–H groups in total. The number of methoxy groups -OCH3 is 1. The Kier molecular flexibility index (Phi) is 5.19. The molecule has 1 unspecified atom stereocenters. The number of alkyl halides is 7. The van der Waals surface area contributed by atoms with Crippen LogP contribution in [0.1, 0.15) is 35.3 Å². The molecule has 0 aromatic carbocycles. The van der Waals surface area contributed by atoms with E-state index in [1.54, 1.807) is 0 Å². The Balaban J connectivity index is 2.47. The second kappa shape index (κ2) is 6.71. The van der Waals surface area contributed by atoms with E-state index in [-0.39, 0.29) is 6.42 Å². The first-order valence-corrected chi connectivity index (χ1v) is 7.03. The fraction of sp³-hybridized carbons (Fsp3) is 0.692. The lowest BCUT2D eigenvalue weighted by Gasteiger charge is -2.13. The highest BCUT2D eigenvalue weighted by Crippen LogP contribution is 2.42. The third-order valence-electron chi connectivity index (χ3n) is 3.72. The van der Waals surface area contributed by atoms with Crippen LogP contribution < -0.4 is 4.74 Å². The number of hydrogen-bond acceptors (Lipinski definition) is 4. The van der Waals surface area contributed by atoms with Gasteiger partial charge >= 0.3 is 18.8 Å². The lowest BCUT2D eigenvalue weighted by atomic mass is 10.1. The standard InChI is InChI=1S/C13H13F7N2O3/c1-24-10(23)8-7(13(18,19)20)9(25-11(14)15)21-22(8)5-6-2-3-12(16,17)4-6/h6,11H,2-5H2,1H3. The molecule has 12 heteroatoms. The molecule has 25 heavy (non-hydrogen) atoms. The Morgan fingerprint density at radius 1 is 1.40 bits per heavy atom. The van der Waals surface area contributed by atoms with Crippen molar-refractivity contribution in [2.75, 3.05) is 7.11 Å². The van der Waals surface area contributed by atoms with Crippen molar-refractivity contribution in [2.24, 2.45) is 5.92 Å². The van der Waals surface area contributed by atoms with Crippen LogP contribution in [0.3, 0.4) is 0 Å². The van der Waals surface area contributed by atoms with Crippen LogP contribution in [0.5, 0.6) is 5.88 Å². The monoisotopic (exact) mass is 378 g/mol. The van der Waals surface area contributed by atoms with E-state index in [1.165, 1.54) is 0 Å². The molecule has 1 fully saturated rings. The van der Waals surface area contributed by atoms with Crippen molar-refractivity contribution in [3.8, 4) is 5.88 Å². The van der Waals surface area contributed by atoms with Crippen molar-refractivity contribution in [3.63, 3.8) is 0 Å². The number of esters is 1. The predicted octanol–water partition coefficient (Wildman–Crippen LogP) is 3.73. The summed E-state index contributed by atoms with van der Waals surface area (Å²) in [7, 11) is 0.789. The summed E-state index contributed by atoms with van der Waals surface area (Å²) in [6.45, 7) is -4.11. The van der Waals surface area contributed by atoms with Crippen molar-refractivity contribution in [3.05, 3.63) is 11.3 Å². The Labute approximate surface area is 136 Å². The maximum Gasteiger partial charge on any atom is 0.424 e. The van der Waals surface area contributed by atoms with Gasteiger partial charge in [0.15, 0.2) is 11.3 Å². The van der Waals surface area contributed by atoms with E-state index < -0.39 is 67.1 Å². The van der Waals surface area contributed by atoms with E-state index in [1.807, 2.05) is 0 Å².